The van der Waals surface area contributed by atoms with Crippen LogP contribution in [-0.4, -0.2) is 23.1 Å². The van der Waals surface area contributed by atoms with Gasteiger partial charge in [0.2, 0.25) is 0 Å². The second kappa shape index (κ2) is 7.11. The smallest absolute Gasteiger partial charge is 0.336 e. The third-order valence-corrected chi connectivity index (χ3v) is 3.92. The van der Waals surface area contributed by atoms with Crippen LogP contribution in [0.1, 0.15) is 54.4 Å². The SMILES string of the molecule is Cc1ccc(NC(=O)NC2CCCCCC2)cc1C(=O)O. The number of benzene rings is 1. The summed E-state index contributed by atoms with van der Waals surface area (Å²) in [6.07, 6.45) is 6.81. The summed E-state index contributed by atoms with van der Waals surface area (Å²) < 4.78 is 0. The van der Waals surface area contributed by atoms with E-state index < -0.39 is 5.97 Å². The van der Waals surface area contributed by atoms with Crippen molar-refractivity contribution in [3.05, 3.63) is 29.3 Å². The molecule has 1 aromatic carbocycles. The topological polar surface area (TPSA) is 78.4 Å². The van der Waals surface area contributed by atoms with E-state index in [0.29, 0.717) is 11.3 Å². The minimum absolute atomic E-state index is 0.210. The molecule has 1 saturated carbocycles. The van der Waals surface area contributed by atoms with E-state index in [4.69, 9.17) is 5.11 Å². The summed E-state index contributed by atoms with van der Waals surface area (Å²) in [4.78, 5) is 23.1. The number of aromatic carboxylic acids is 1. The lowest BCUT2D eigenvalue weighted by Gasteiger charge is -2.17. The lowest BCUT2D eigenvalue weighted by molar-refractivity contribution is 0.0696. The van der Waals surface area contributed by atoms with E-state index in [1.54, 1.807) is 19.1 Å². The number of hydrogen-bond acceptors (Lipinski definition) is 2. The van der Waals surface area contributed by atoms with Crippen molar-refractivity contribution < 1.29 is 14.7 Å². The first-order valence-corrected chi connectivity index (χ1v) is 7.48. The van der Waals surface area contributed by atoms with Gasteiger partial charge in [0.15, 0.2) is 0 Å². The molecule has 1 aliphatic rings. The summed E-state index contributed by atoms with van der Waals surface area (Å²) in [5.41, 5.74) is 1.39. The quantitative estimate of drug-likeness (QED) is 0.745. The molecular weight excluding hydrogens is 268 g/mol. The number of amides is 2. The number of aryl methyl sites for hydroxylation is 1. The molecule has 1 aromatic rings. The van der Waals surface area contributed by atoms with Gasteiger partial charge in [-0.15, -0.1) is 0 Å². The average Bonchev–Trinajstić information content (AvgIpc) is 2.69. The zero-order valence-electron chi connectivity index (χ0n) is 12.3. The molecule has 21 heavy (non-hydrogen) atoms. The molecule has 0 radical (unpaired) electrons. The first kappa shape index (κ1) is 15.4. The largest absolute Gasteiger partial charge is 0.478 e. The normalized spacial score (nSPS) is 16.0. The average molecular weight is 290 g/mol. The fourth-order valence-corrected chi connectivity index (χ4v) is 2.71. The van der Waals surface area contributed by atoms with Crippen LogP contribution in [0, 0.1) is 6.92 Å². The second-order valence-corrected chi connectivity index (χ2v) is 5.62. The lowest BCUT2D eigenvalue weighted by Crippen LogP contribution is -2.37. The molecule has 114 valence electrons. The van der Waals surface area contributed by atoms with E-state index >= 15 is 0 Å². The van der Waals surface area contributed by atoms with Gasteiger partial charge >= 0.3 is 12.0 Å². The fraction of sp³-hybridized carbons (Fsp3) is 0.500. The van der Waals surface area contributed by atoms with E-state index in [-0.39, 0.29) is 17.6 Å². The minimum atomic E-state index is -0.986. The molecule has 0 bridgehead atoms. The van der Waals surface area contributed by atoms with Crippen LogP contribution >= 0.6 is 0 Å². The number of carboxylic acid groups (broad SMARTS) is 1. The van der Waals surface area contributed by atoms with Crippen molar-refractivity contribution in [2.24, 2.45) is 0 Å². The van der Waals surface area contributed by atoms with Crippen LogP contribution < -0.4 is 10.6 Å². The highest BCUT2D eigenvalue weighted by molar-refractivity contribution is 5.94. The van der Waals surface area contributed by atoms with Crippen molar-refractivity contribution in [3.8, 4) is 0 Å². The van der Waals surface area contributed by atoms with Gasteiger partial charge in [0, 0.05) is 11.7 Å². The van der Waals surface area contributed by atoms with Crippen LogP contribution in [0.3, 0.4) is 0 Å². The molecule has 1 fully saturated rings. The molecule has 0 spiro atoms. The van der Waals surface area contributed by atoms with Crippen LogP contribution in [0.15, 0.2) is 18.2 Å². The Bertz CT molecular complexity index is 520. The summed E-state index contributed by atoms with van der Waals surface area (Å²) in [5, 5.41) is 14.8. The monoisotopic (exact) mass is 290 g/mol. The Morgan fingerprint density at radius 2 is 1.81 bits per heavy atom. The number of carbonyl (C=O) groups excluding carboxylic acids is 1. The molecular formula is C16H22N2O3. The summed E-state index contributed by atoms with van der Waals surface area (Å²) in [5.74, 6) is -0.986. The highest BCUT2D eigenvalue weighted by Gasteiger charge is 2.15. The van der Waals surface area contributed by atoms with Gasteiger partial charge in [-0.1, -0.05) is 31.7 Å². The first-order chi connectivity index (χ1) is 10.1. The van der Waals surface area contributed by atoms with Gasteiger partial charge < -0.3 is 15.7 Å². The molecule has 0 aliphatic heterocycles. The molecule has 1 aliphatic carbocycles. The Morgan fingerprint density at radius 3 is 2.43 bits per heavy atom. The maximum atomic E-state index is 12.0. The first-order valence-electron chi connectivity index (χ1n) is 7.48. The summed E-state index contributed by atoms with van der Waals surface area (Å²) in [7, 11) is 0. The Morgan fingerprint density at radius 1 is 1.14 bits per heavy atom. The zero-order chi connectivity index (χ0) is 15.2. The molecule has 0 aromatic heterocycles. The number of rotatable bonds is 3. The Kier molecular flexibility index (Phi) is 5.20. The number of urea groups is 1. The van der Waals surface area contributed by atoms with E-state index in [2.05, 4.69) is 10.6 Å². The maximum absolute atomic E-state index is 12.0. The van der Waals surface area contributed by atoms with Gasteiger partial charge in [0.05, 0.1) is 5.56 Å². The highest BCUT2D eigenvalue weighted by Crippen LogP contribution is 2.18. The lowest BCUT2D eigenvalue weighted by atomic mass is 10.1. The third kappa shape index (κ3) is 4.48. The van der Waals surface area contributed by atoms with Crippen molar-refractivity contribution in [1.29, 1.82) is 0 Å². The predicted octanol–water partition coefficient (Wildman–Crippen LogP) is 3.54. The summed E-state index contributed by atoms with van der Waals surface area (Å²) >= 11 is 0. The van der Waals surface area contributed by atoms with Crippen LogP contribution in [0.5, 0.6) is 0 Å². The molecule has 3 N–H and O–H groups in total. The fourth-order valence-electron chi connectivity index (χ4n) is 2.71. The van der Waals surface area contributed by atoms with Crippen molar-refractivity contribution in [1.82, 2.24) is 5.32 Å². The molecule has 0 saturated heterocycles. The number of nitrogens with one attached hydrogen (secondary N) is 2. The summed E-state index contributed by atoms with van der Waals surface area (Å²) in [6, 6.07) is 4.86. The number of anilines is 1. The molecule has 2 rings (SSSR count). The van der Waals surface area contributed by atoms with Gasteiger partial charge in [0.25, 0.3) is 0 Å². The maximum Gasteiger partial charge on any atom is 0.336 e. The van der Waals surface area contributed by atoms with Crippen LogP contribution in [0.4, 0.5) is 10.5 Å². The molecule has 5 nitrogen and oxygen atoms in total. The van der Waals surface area contributed by atoms with Crippen LogP contribution in [0.2, 0.25) is 0 Å². The second-order valence-electron chi connectivity index (χ2n) is 5.62. The highest BCUT2D eigenvalue weighted by atomic mass is 16.4. The van der Waals surface area contributed by atoms with Gasteiger partial charge in [-0.25, -0.2) is 9.59 Å². The van der Waals surface area contributed by atoms with E-state index in [9.17, 15) is 9.59 Å². The number of hydrogen-bond donors (Lipinski definition) is 3. The minimum Gasteiger partial charge on any atom is -0.478 e. The molecule has 0 heterocycles. The van der Waals surface area contributed by atoms with Crippen molar-refractivity contribution in [2.45, 2.75) is 51.5 Å². The van der Waals surface area contributed by atoms with Crippen molar-refractivity contribution in [3.63, 3.8) is 0 Å². The number of carbonyl (C=O) groups is 2. The van der Waals surface area contributed by atoms with E-state index in [1.165, 1.54) is 18.9 Å². The van der Waals surface area contributed by atoms with E-state index in [1.807, 2.05) is 0 Å². The summed E-state index contributed by atoms with van der Waals surface area (Å²) in [6.45, 7) is 1.73. The van der Waals surface area contributed by atoms with Gasteiger partial charge in [-0.05, 0) is 37.5 Å². The molecule has 5 heteroatoms. The van der Waals surface area contributed by atoms with Gasteiger partial charge in [-0.2, -0.15) is 0 Å². The Labute approximate surface area is 124 Å². The molecule has 2 amide bonds. The van der Waals surface area contributed by atoms with Crippen LogP contribution in [-0.2, 0) is 0 Å². The Hall–Kier alpha value is -2.04. The molecule has 0 atom stereocenters. The zero-order valence-corrected chi connectivity index (χ0v) is 12.3. The van der Waals surface area contributed by atoms with Crippen LogP contribution in [0.25, 0.3) is 0 Å². The third-order valence-electron chi connectivity index (χ3n) is 3.92. The number of carboxylic acids is 1. The predicted molar refractivity (Wildman–Crippen MR) is 81.8 cm³/mol. The molecule has 0 unspecified atom stereocenters. The standard InChI is InChI=1S/C16H22N2O3/c1-11-8-9-13(10-14(11)15(19)20)18-16(21)17-12-6-4-2-3-5-7-12/h8-10,12H,2-7H2,1H3,(H,19,20)(H2,17,18,21). The van der Waals surface area contributed by atoms with Crippen molar-refractivity contribution >= 4 is 17.7 Å². The van der Waals surface area contributed by atoms with Gasteiger partial charge in [-0.3, -0.25) is 0 Å². The Balaban J connectivity index is 1.95. The van der Waals surface area contributed by atoms with Gasteiger partial charge in [0.1, 0.15) is 0 Å². The van der Waals surface area contributed by atoms with E-state index in [0.717, 1.165) is 25.7 Å². The van der Waals surface area contributed by atoms with Crippen molar-refractivity contribution in [2.75, 3.05) is 5.32 Å².